The molecule has 7 nitrogen and oxygen atoms in total. The molecule has 0 N–H and O–H groups in total. The Hall–Kier alpha value is -2.00. The molecule has 0 saturated carbocycles. The van der Waals surface area contributed by atoms with Gasteiger partial charge < -0.3 is 4.74 Å². The number of thiazole rings is 1. The van der Waals surface area contributed by atoms with Crippen LogP contribution in [0.25, 0.3) is 10.2 Å². The third-order valence-electron chi connectivity index (χ3n) is 5.41. The largest absolute Gasteiger partial charge is 0.379 e. The lowest BCUT2D eigenvalue weighted by Crippen LogP contribution is -2.39. The molecule has 0 spiro atoms. The summed E-state index contributed by atoms with van der Waals surface area (Å²) in [5, 5.41) is 5.92. The first-order valence-corrected chi connectivity index (χ1v) is 11.9. The van der Waals surface area contributed by atoms with Crippen molar-refractivity contribution < 1.29 is 9.53 Å². The number of hydrogen-bond donors (Lipinski definition) is 0. The molecular weight excluding hydrogens is 434 g/mol. The minimum Gasteiger partial charge on any atom is -0.379 e. The number of carbonyl (C=O) groups is 1. The number of morpholine rings is 1. The Kier molecular flexibility index (Phi) is 6.91. The fourth-order valence-corrected chi connectivity index (χ4v) is 5.08. The van der Waals surface area contributed by atoms with Crippen LogP contribution in [0.1, 0.15) is 42.5 Å². The molecule has 9 heteroatoms. The quantitative estimate of drug-likeness (QED) is 0.521. The minimum absolute atomic E-state index is 0.116. The van der Waals surface area contributed by atoms with Gasteiger partial charge >= 0.3 is 0 Å². The molecule has 166 valence electrons. The summed E-state index contributed by atoms with van der Waals surface area (Å²) in [6, 6.07) is 7.67. The topological polar surface area (TPSA) is 63.5 Å². The van der Waals surface area contributed by atoms with Crippen molar-refractivity contribution in [1.29, 1.82) is 0 Å². The summed E-state index contributed by atoms with van der Waals surface area (Å²) in [4.78, 5) is 22.4. The number of aryl methyl sites for hydroxylation is 1. The zero-order valence-electron chi connectivity index (χ0n) is 18.2. The van der Waals surface area contributed by atoms with E-state index in [2.05, 4.69) is 23.8 Å². The molecule has 1 saturated heterocycles. The van der Waals surface area contributed by atoms with Gasteiger partial charge in [0.2, 0.25) is 0 Å². The van der Waals surface area contributed by atoms with Crippen LogP contribution >= 0.6 is 22.9 Å². The van der Waals surface area contributed by atoms with Crippen LogP contribution in [0.5, 0.6) is 0 Å². The van der Waals surface area contributed by atoms with Gasteiger partial charge in [-0.3, -0.25) is 19.3 Å². The van der Waals surface area contributed by atoms with Crippen molar-refractivity contribution in [2.75, 3.05) is 44.3 Å². The van der Waals surface area contributed by atoms with Gasteiger partial charge in [-0.2, -0.15) is 5.10 Å². The summed E-state index contributed by atoms with van der Waals surface area (Å²) >= 11 is 7.64. The SMILES string of the molecule is Cc1cc(C(=O)N(CCCN2CCOCC2)c2nc3ccc(Cl)cc3s2)nn1C(C)C. The van der Waals surface area contributed by atoms with Crippen LogP contribution in [0.4, 0.5) is 5.13 Å². The maximum absolute atomic E-state index is 13.5. The zero-order valence-corrected chi connectivity index (χ0v) is 19.7. The van der Waals surface area contributed by atoms with Gasteiger partial charge in [0, 0.05) is 42.9 Å². The van der Waals surface area contributed by atoms with Gasteiger partial charge in [0.05, 0.1) is 23.4 Å². The Morgan fingerprint density at radius 3 is 2.77 bits per heavy atom. The average molecular weight is 462 g/mol. The number of carbonyl (C=O) groups excluding carboxylic acids is 1. The first-order chi connectivity index (χ1) is 14.9. The van der Waals surface area contributed by atoms with Crippen molar-refractivity contribution in [3.63, 3.8) is 0 Å². The molecule has 0 aliphatic carbocycles. The molecule has 1 aliphatic rings. The highest BCUT2D eigenvalue weighted by Crippen LogP contribution is 2.31. The smallest absolute Gasteiger partial charge is 0.280 e. The fraction of sp³-hybridized carbons (Fsp3) is 0.500. The highest BCUT2D eigenvalue weighted by molar-refractivity contribution is 7.22. The van der Waals surface area contributed by atoms with Crippen LogP contribution < -0.4 is 4.90 Å². The second kappa shape index (κ2) is 9.65. The van der Waals surface area contributed by atoms with E-state index < -0.39 is 0 Å². The molecule has 1 aromatic carbocycles. The van der Waals surface area contributed by atoms with Crippen LogP contribution in [0.15, 0.2) is 24.3 Å². The van der Waals surface area contributed by atoms with E-state index >= 15 is 0 Å². The molecule has 4 rings (SSSR count). The lowest BCUT2D eigenvalue weighted by atomic mass is 10.3. The number of benzene rings is 1. The monoisotopic (exact) mass is 461 g/mol. The molecule has 0 bridgehead atoms. The Balaban J connectivity index is 1.59. The average Bonchev–Trinajstić information content (AvgIpc) is 3.34. The van der Waals surface area contributed by atoms with Crippen molar-refractivity contribution in [2.24, 2.45) is 0 Å². The third kappa shape index (κ3) is 5.09. The summed E-state index contributed by atoms with van der Waals surface area (Å²) in [6.07, 6.45) is 0.853. The molecule has 0 atom stereocenters. The normalized spacial score (nSPS) is 15.1. The Labute approximate surface area is 191 Å². The van der Waals surface area contributed by atoms with Crippen LogP contribution in [0.2, 0.25) is 5.02 Å². The zero-order chi connectivity index (χ0) is 22.0. The first-order valence-electron chi connectivity index (χ1n) is 10.7. The van der Waals surface area contributed by atoms with Gasteiger partial charge in [-0.15, -0.1) is 0 Å². The summed E-state index contributed by atoms with van der Waals surface area (Å²) in [7, 11) is 0. The summed E-state index contributed by atoms with van der Waals surface area (Å²) in [6.45, 7) is 11.0. The van der Waals surface area contributed by atoms with Crippen LogP contribution in [0, 0.1) is 6.92 Å². The van der Waals surface area contributed by atoms with Crippen LogP contribution in [-0.4, -0.2) is 65.0 Å². The van der Waals surface area contributed by atoms with E-state index in [0.717, 1.165) is 55.2 Å². The van der Waals surface area contributed by atoms with Crippen LogP contribution in [0.3, 0.4) is 0 Å². The highest BCUT2D eigenvalue weighted by atomic mass is 35.5. The van der Waals surface area contributed by atoms with E-state index in [0.29, 0.717) is 22.4 Å². The van der Waals surface area contributed by atoms with Gasteiger partial charge in [0.25, 0.3) is 5.91 Å². The number of halogens is 1. The second-order valence-corrected chi connectivity index (χ2v) is 9.53. The molecule has 1 amide bonds. The molecule has 1 aliphatic heterocycles. The number of amides is 1. The number of nitrogens with zero attached hydrogens (tertiary/aromatic N) is 5. The van der Waals surface area contributed by atoms with Gasteiger partial charge in [-0.1, -0.05) is 22.9 Å². The summed E-state index contributed by atoms with van der Waals surface area (Å²) in [5.41, 5.74) is 2.27. The van der Waals surface area contributed by atoms with E-state index in [9.17, 15) is 4.79 Å². The number of aromatic nitrogens is 3. The molecule has 0 unspecified atom stereocenters. The third-order valence-corrected chi connectivity index (χ3v) is 6.68. The van der Waals surface area contributed by atoms with Crippen molar-refractivity contribution in [3.8, 4) is 0 Å². The molecule has 3 heterocycles. The number of rotatable bonds is 7. The van der Waals surface area contributed by atoms with Gasteiger partial charge in [-0.05, 0) is 51.5 Å². The molecule has 1 fully saturated rings. The number of fused-ring (bicyclic) bond motifs is 1. The first kappa shape index (κ1) is 22.2. The Morgan fingerprint density at radius 1 is 1.29 bits per heavy atom. The van der Waals surface area contributed by atoms with E-state index in [1.807, 2.05) is 35.9 Å². The van der Waals surface area contributed by atoms with E-state index in [1.165, 1.54) is 11.3 Å². The number of ether oxygens (including phenoxy) is 1. The standard InChI is InChI=1S/C22H28ClN5O2S/c1-15(2)28-16(3)13-19(25-28)21(29)27(8-4-7-26-9-11-30-12-10-26)22-24-18-6-5-17(23)14-20(18)31-22/h5-6,13-15H,4,7-12H2,1-3H3. The number of hydrogen-bond acceptors (Lipinski definition) is 6. The lowest BCUT2D eigenvalue weighted by molar-refractivity contribution is 0.0376. The van der Waals surface area contributed by atoms with E-state index in [-0.39, 0.29) is 11.9 Å². The predicted octanol–water partition coefficient (Wildman–Crippen LogP) is 4.40. The number of anilines is 1. The second-order valence-electron chi connectivity index (χ2n) is 8.08. The van der Waals surface area contributed by atoms with Gasteiger partial charge in [0.15, 0.2) is 10.8 Å². The van der Waals surface area contributed by atoms with Gasteiger partial charge in [0.1, 0.15) is 0 Å². The van der Waals surface area contributed by atoms with Crippen molar-refractivity contribution >= 4 is 44.2 Å². The molecule has 2 aromatic heterocycles. The van der Waals surface area contributed by atoms with E-state index in [4.69, 9.17) is 21.3 Å². The van der Waals surface area contributed by atoms with Crippen molar-refractivity contribution in [1.82, 2.24) is 19.7 Å². The van der Waals surface area contributed by atoms with Gasteiger partial charge in [-0.25, -0.2) is 4.98 Å². The molecular formula is C22H28ClN5O2S. The predicted molar refractivity (Wildman–Crippen MR) is 126 cm³/mol. The lowest BCUT2D eigenvalue weighted by Gasteiger charge is -2.27. The summed E-state index contributed by atoms with van der Waals surface area (Å²) < 4.78 is 8.29. The fourth-order valence-electron chi connectivity index (χ4n) is 3.82. The molecule has 0 radical (unpaired) electrons. The Bertz CT molecular complexity index is 1060. The maximum Gasteiger partial charge on any atom is 0.280 e. The van der Waals surface area contributed by atoms with Crippen molar-refractivity contribution in [3.05, 3.63) is 40.7 Å². The Morgan fingerprint density at radius 2 is 2.06 bits per heavy atom. The molecule has 31 heavy (non-hydrogen) atoms. The minimum atomic E-state index is -0.116. The van der Waals surface area contributed by atoms with E-state index in [1.54, 1.807) is 4.90 Å². The molecule has 3 aromatic rings. The van der Waals surface area contributed by atoms with Crippen molar-refractivity contribution in [2.45, 2.75) is 33.2 Å². The highest BCUT2D eigenvalue weighted by Gasteiger charge is 2.25. The summed E-state index contributed by atoms with van der Waals surface area (Å²) in [5.74, 6) is -0.116. The maximum atomic E-state index is 13.5. The van der Waals surface area contributed by atoms with Crippen LogP contribution in [-0.2, 0) is 4.74 Å².